The normalized spacial score (nSPS) is 12.4. The molecule has 0 aromatic carbocycles. The van der Waals surface area contributed by atoms with Crippen LogP contribution in [0.15, 0.2) is 12.1 Å². The zero-order valence-corrected chi connectivity index (χ0v) is 10.3. The average Bonchev–Trinajstić information content (AvgIpc) is 2.33. The van der Waals surface area contributed by atoms with Crippen LogP contribution in [0.5, 0.6) is 0 Å². The van der Waals surface area contributed by atoms with Crippen LogP contribution in [-0.4, -0.2) is 24.2 Å². The number of hydrazine groups is 1. The first kappa shape index (κ1) is 16.3. The molecule has 20 heavy (non-hydrogen) atoms. The fraction of sp³-hybridized carbons (Fsp3) is 0.500. The molecule has 0 atom stereocenters. The van der Waals surface area contributed by atoms with Gasteiger partial charge in [-0.1, -0.05) is 0 Å². The minimum atomic E-state index is -4.71. The molecule has 4 nitrogen and oxygen atoms in total. The predicted molar refractivity (Wildman–Crippen MR) is 61.0 cm³/mol. The SMILES string of the molecule is CCN(CC(F)(F)F)c1cc(C(F)(F)F)cc(NN)n1. The van der Waals surface area contributed by atoms with Gasteiger partial charge in [0.05, 0.1) is 5.56 Å². The van der Waals surface area contributed by atoms with Crippen LogP contribution in [0.3, 0.4) is 0 Å². The van der Waals surface area contributed by atoms with E-state index in [2.05, 4.69) is 4.98 Å². The summed E-state index contributed by atoms with van der Waals surface area (Å²) in [5.74, 6) is 4.16. The lowest BCUT2D eigenvalue weighted by molar-refractivity contribution is -0.137. The highest BCUT2D eigenvalue weighted by Crippen LogP contribution is 2.33. The molecule has 114 valence electrons. The van der Waals surface area contributed by atoms with Gasteiger partial charge >= 0.3 is 12.4 Å². The molecule has 0 bridgehead atoms. The number of nitrogen functional groups attached to an aromatic ring is 1. The number of pyridine rings is 1. The third kappa shape index (κ3) is 4.44. The van der Waals surface area contributed by atoms with Gasteiger partial charge in [-0.05, 0) is 19.1 Å². The molecule has 3 N–H and O–H groups in total. The molecule has 0 unspecified atom stereocenters. The molecular weight excluding hydrogens is 290 g/mol. The summed E-state index contributed by atoms with van der Waals surface area (Å²) in [6.07, 6.45) is -9.26. The van der Waals surface area contributed by atoms with Crippen LogP contribution in [-0.2, 0) is 6.18 Å². The number of alkyl halides is 6. The number of halogens is 6. The number of nitrogens with two attached hydrogens (primary N) is 1. The van der Waals surface area contributed by atoms with Crippen LogP contribution in [0.25, 0.3) is 0 Å². The second-order valence-corrected chi connectivity index (χ2v) is 3.87. The zero-order chi connectivity index (χ0) is 15.6. The van der Waals surface area contributed by atoms with E-state index in [1.807, 2.05) is 5.43 Å². The molecule has 0 saturated carbocycles. The summed E-state index contributed by atoms with van der Waals surface area (Å²) in [7, 11) is 0. The maximum atomic E-state index is 12.7. The molecule has 0 aliphatic rings. The van der Waals surface area contributed by atoms with Crippen LogP contribution in [0.1, 0.15) is 12.5 Å². The molecule has 0 spiro atoms. The van der Waals surface area contributed by atoms with Crippen molar-refractivity contribution in [2.24, 2.45) is 5.84 Å². The van der Waals surface area contributed by atoms with Crippen molar-refractivity contribution in [2.75, 3.05) is 23.4 Å². The van der Waals surface area contributed by atoms with Crippen molar-refractivity contribution in [2.45, 2.75) is 19.3 Å². The maximum absolute atomic E-state index is 12.7. The topological polar surface area (TPSA) is 54.2 Å². The van der Waals surface area contributed by atoms with Crippen LogP contribution in [0.4, 0.5) is 38.0 Å². The number of hydrogen-bond acceptors (Lipinski definition) is 4. The minimum Gasteiger partial charge on any atom is -0.348 e. The first-order chi connectivity index (χ1) is 9.06. The molecular formula is C10H12F6N4. The molecule has 0 amide bonds. The van der Waals surface area contributed by atoms with E-state index in [9.17, 15) is 26.3 Å². The van der Waals surface area contributed by atoms with E-state index in [0.29, 0.717) is 17.0 Å². The molecule has 0 aliphatic carbocycles. The Bertz CT molecular complexity index is 456. The van der Waals surface area contributed by atoms with Gasteiger partial charge in [-0.2, -0.15) is 26.3 Å². The van der Waals surface area contributed by atoms with Crippen molar-refractivity contribution in [3.8, 4) is 0 Å². The summed E-state index contributed by atoms with van der Waals surface area (Å²) in [6, 6.07) is 1.17. The van der Waals surface area contributed by atoms with Gasteiger partial charge in [-0.3, -0.25) is 0 Å². The fourth-order valence-corrected chi connectivity index (χ4v) is 1.49. The molecule has 0 saturated heterocycles. The molecule has 0 aliphatic heterocycles. The van der Waals surface area contributed by atoms with E-state index >= 15 is 0 Å². The molecule has 10 heteroatoms. The van der Waals surface area contributed by atoms with E-state index in [1.165, 1.54) is 6.92 Å². The summed E-state index contributed by atoms with van der Waals surface area (Å²) in [5, 5.41) is 0. The van der Waals surface area contributed by atoms with E-state index in [0.717, 1.165) is 0 Å². The number of anilines is 2. The number of nitrogens with zero attached hydrogens (tertiary/aromatic N) is 2. The first-order valence-electron chi connectivity index (χ1n) is 5.44. The van der Waals surface area contributed by atoms with E-state index in [-0.39, 0.29) is 12.4 Å². The highest BCUT2D eigenvalue weighted by atomic mass is 19.4. The lowest BCUT2D eigenvalue weighted by atomic mass is 10.2. The van der Waals surface area contributed by atoms with E-state index in [1.54, 1.807) is 0 Å². The first-order valence-corrected chi connectivity index (χ1v) is 5.44. The van der Waals surface area contributed by atoms with Crippen LogP contribution in [0, 0.1) is 0 Å². The number of aromatic nitrogens is 1. The van der Waals surface area contributed by atoms with Crippen molar-refractivity contribution < 1.29 is 26.3 Å². The monoisotopic (exact) mass is 302 g/mol. The van der Waals surface area contributed by atoms with Crippen LogP contribution >= 0.6 is 0 Å². The van der Waals surface area contributed by atoms with E-state index in [4.69, 9.17) is 5.84 Å². The average molecular weight is 302 g/mol. The molecule has 1 aromatic heterocycles. The number of rotatable bonds is 4. The van der Waals surface area contributed by atoms with Crippen molar-refractivity contribution in [3.05, 3.63) is 17.7 Å². The van der Waals surface area contributed by atoms with Crippen molar-refractivity contribution in [1.82, 2.24) is 4.98 Å². The summed E-state index contributed by atoms with van der Waals surface area (Å²) >= 11 is 0. The third-order valence-electron chi connectivity index (χ3n) is 2.36. The van der Waals surface area contributed by atoms with Gasteiger partial charge in [-0.15, -0.1) is 0 Å². The predicted octanol–water partition coefficient (Wildman–Crippen LogP) is 2.77. The fourth-order valence-electron chi connectivity index (χ4n) is 1.49. The van der Waals surface area contributed by atoms with Gasteiger partial charge < -0.3 is 10.3 Å². The van der Waals surface area contributed by atoms with Crippen molar-refractivity contribution >= 4 is 11.6 Å². The molecule has 0 fully saturated rings. The molecule has 1 heterocycles. The largest absolute Gasteiger partial charge is 0.416 e. The second kappa shape index (κ2) is 5.73. The van der Waals surface area contributed by atoms with Crippen LogP contribution in [0.2, 0.25) is 0 Å². The Balaban J connectivity index is 3.21. The maximum Gasteiger partial charge on any atom is 0.416 e. The van der Waals surface area contributed by atoms with Gasteiger partial charge in [0.15, 0.2) is 0 Å². The molecule has 1 rings (SSSR count). The molecule has 0 radical (unpaired) electrons. The van der Waals surface area contributed by atoms with E-state index < -0.39 is 30.3 Å². The lowest BCUT2D eigenvalue weighted by Gasteiger charge is -2.24. The Labute approximate surface area is 110 Å². The van der Waals surface area contributed by atoms with Gasteiger partial charge in [0.2, 0.25) is 0 Å². The molecule has 1 aromatic rings. The second-order valence-electron chi connectivity index (χ2n) is 3.87. The third-order valence-corrected chi connectivity index (χ3v) is 2.36. The minimum absolute atomic E-state index is 0.155. The van der Waals surface area contributed by atoms with Crippen molar-refractivity contribution in [3.63, 3.8) is 0 Å². The van der Waals surface area contributed by atoms with Gasteiger partial charge in [0, 0.05) is 6.54 Å². The summed E-state index contributed by atoms with van der Waals surface area (Å²) < 4.78 is 75.0. The summed E-state index contributed by atoms with van der Waals surface area (Å²) in [6.45, 7) is -0.178. The zero-order valence-electron chi connectivity index (χ0n) is 10.3. The van der Waals surface area contributed by atoms with Gasteiger partial charge in [-0.25, -0.2) is 10.8 Å². The lowest BCUT2D eigenvalue weighted by Crippen LogP contribution is -2.35. The Morgan fingerprint density at radius 3 is 2.20 bits per heavy atom. The highest BCUT2D eigenvalue weighted by molar-refractivity contribution is 5.51. The Morgan fingerprint density at radius 1 is 1.20 bits per heavy atom. The van der Waals surface area contributed by atoms with Crippen molar-refractivity contribution in [1.29, 1.82) is 0 Å². The quantitative estimate of drug-likeness (QED) is 0.510. The number of nitrogens with one attached hydrogen (secondary N) is 1. The van der Waals surface area contributed by atoms with Crippen LogP contribution < -0.4 is 16.2 Å². The summed E-state index contributed by atoms with van der Waals surface area (Å²) in [4.78, 5) is 4.29. The Kier molecular flexibility index (Phi) is 4.69. The Morgan fingerprint density at radius 2 is 1.80 bits per heavy atom. The van der Waals surface area contributed by atoms with Gasteiger partial charge in [0.25, 0.3) is 0 Å². The smallest absolute Gasteiger partial charge is 0.348 e. The highest BCUT2D eigenvalue weighted by Gasteiger charge is 2.34. The summed E-state index contributed by atoms with van der Waals surface area (Å²) in [5.41, 5.74) is 0.774. The standard InChI is InChI=1S/C10H12F6N4/c1-2-20(5-9(11,12)13)8-4-6(10(14,15)16)3-7(18-8)19-17/h3-4H,2,5,17H2,1H3,(H,18,19). The Hall–Kier alpha value is -1.71. The van der Waals surface area contributed by atoms with Gasteiger partial charge in [0.1, 0.15) is 18.2 Å². The number of hydrogen-bond donors (Lipinski definition) is 2.